The molecule has 5 unspecified atom stereocenters. The van der Waals surface area contributed by atoms with Gasteiger partial charge in [0.05, 0.1) is 12.2 Å². The molecule has 3 rings (SSSR count). The average molecular weight is 427 g/mol. The van der Waals surface area contributed by atoms with E-state index in [2.05, 4.69) is 44.2 Å². The van der Waals surface area contributed by atoms with Crippen molar-refractivity contribution in [2.24, 2.45) is 5.92 Å². The first-order valence-corrected chi connectivity index (χ1v) is 11.6. The van der Waals surface area contributed by atoms with E-state index in [-0.39, 0.29) is 12.5 Å². The van der Waals surface area contributed by atoms with Gasteiger partial charge in [0, 0.05) is 18.4 Å². The van der Waals surface area contributed by atoms with Gasteiger partial charge < -0.3 is 20.4 Å². The summed E-state index contributed by atoms with van der Waals surface area (Å²) in [6, 6.07) is 10.9. The van der Waals surface area contributed by atoms with Gasteiger partial charge in [-0.3, -0.25) is 0 Å². The molecule has 4 nitrogen and oxygen atoms in total. The lowest BCUT2D eigenvalue weighted by Crippen LogP contribution is -2.44. The lowest BCUT2D eigenvalue weighted by Gasteiger charge is -2.32. The van der Waals surface area contributed by atoms with Crippen LogP contribution in [0.4, 0.5) is 0 Å². The van der Waals surface area contributed by atoms with Gasteiger partial charge in [-0.25, -0.2) is 0 Å². The van der Waals surface area contributed by atoms with Gasteiger partial charge in [0.15, 0.2) is 0 Å². The zero-order chi connectivity index (χ0) is 22.7. The van der Waals surface area contributed by atoms with E-state index >= 15 is 0 Å². The highest BCUT2D eigenvalue weighted by atomic mass is 16.4. The molecule has 0 fully saturated rings. The van der Waals surface area contributed by atoms with Gasteiger partial charge >= 0.3 is 0 Å². The highest BCUT2D eigenvalue weighted by Gasteiger charge is 2.34. The third-order valence-corrected chi connectivity index (χ3v) is 7.09. The lowest BCUT2D eigenvalue weighted by atomic mass is 9.80. The number of aliphatic hydroxyl groups excluding tert-OH is 4. The van der Waals surface area contributed by atoms with Crippen molar-refractivity contribution < 1.29 is 20.4 Å². The maximum absolute atomic E-state index is 10.9. The van der Waals surface area contributed by atoms with Crippen LogP contribution in [0.2, 0.25) is 0 Å². The van der Waals surface area contributed by atoms with E-state index in [0.29, 0.717) is 0 Å². The molecule has 4 heteroatoms. The second-order valence-corrected chi connectivity index (χ2v) is 9.35. The number of aryl methyl sites for hydroxylation is 1. The minimum Gasteiger partial charge on any atom is -0.396 e. The summed E-state index contributed by atoms with van der Waals surface area (Å²) < 4.78 is 0. The highest BCUT2D eigenvalue weighted by molar-refractivity contribution is 5.51. The Hall–Kier alpha value is -1.72. The van der Waals surface area contributed by atoms with Crippen LogP contribution in [0, 0.1) is 12.8 Å². The topological polar surface area (TPSA) is 80.9 Å². The first kappa shape index (κ1) is 23.9. The molecular formula is C27H38O4. The Kier molecular flexibility index (Phi) is 7.92. The Morgan fingerprint density at radius 2 is 1.55 bits per heavy atom. The summed E-state index contributed by atoms with van der Waals surface area (Å²) in [5, 5.41) is 41.2. The van der Waals surface area contributed by atoms with Crippen molar-refractivity contribution in [3.05, 3.63) is 69.3 Å². The van der Waals surface area contributed by atoms with Crippen molar-refractivity contribution in [3.8, 4) is 0 Å². The Morgan fingerprint density at radius 3 is 2.16 bits per heavy atom. The molecule has 0 aliphatic heterocycles. The van der Waals surface area contributed by atoms with Crippen molar-refractivity contribution in [1.29, 1.82) is 0 Å². The number of hydrogen-bond donors (Lipinski definition) is 4. The van der Waals surface area contributed by atoms with Gasteiger partial charge in [0.25, 0.3) is 0 Å². The molecule has 0 heterocycles. The molecule has 1 aliphatic carbocycles. The summed E-state index contributed by atoms with van der Waals surface area (Å²) in [7, 11) is 0. The summed E-state index contributed by atoms with van der Waals surface area (Å²) in [5.41, 5.74) is 9.05. The molecule has 4 N–H and O–H groups in total. The van der Waals surface area contributed by atoms with Crippen LogP contribution in [0.5, 0.6) is 0 Å². The second kappa shape index (κ2) is 10.3. The Labute approximate surface area is 186 Å². The first-order chi connectivity index (χ1) is 14.8. The van der Waals surface area contributed by atoms with Crippen molar-refractivity contribution in [1.82, 2.24) is 0 Å². The molecule has 2 aromatic carbocycles. The van der Waals surface area contributed by atoms with Crippen LogP contribution in [0.15, 0.2) is 30.3 Å². The smallest absolute Gasteiger partial charge is 0.107 e. The summed E-state index contributed by atoms with van der Waals surface area (Å²) in [6.07, 6.45) is 1.45. The van der Waals surface area contributed by atoms with Gasteiger partial charge in [-0.1, -0.05) is 56.7 Å². The molecule has 0 saturated carbocycles. The molecule has 0 bridgehead atoms. The van der Waals surface area contributed by atoms with E-state index in [9.17, 15) is 20.4 Å². The maximum atomic E-state index is 10.9. The second-order valence-electron chi connectivity index (χ2n) is 9.35. The molecule has 0 amide bonds. The van der Waals surface area contributed by atoms with Crippen LogP contribution < -0.4 is 0 Å². The van der Waals surface area contributed by atoms with E-state index < -0.39 is 24.2 Å². The van der Waals surface area contributed by atoms with Crippen LogP contribution in [0.1, 0.15) is 72.1 Å². The molecule has 2 aromatic rings. The molecule has 170 valence electrons. The third kappa shape index (κ3) is 5.04. The molecule has 31 heavy (non-hydrogen) atoms. The standard InChI is InChI=1S/C27H38O4/c1-5-21-23-8-6-7-22(23)20(13-19-11-9-16(2)10-12-19)14-24(21)18(4)26(30)27(31)25(29)17(3)15-28/h9-12,14,17-18,25-31H,5-8,13,15H2,1-4H3. The zero-order valence-corrected chi connectivity index (χ0v) is 19.3. The Bertz CT molecular complexity index is 874. The predicted octanol–water partition coefficient (Wildman–Crippen LogP) is 3.45. The summed E-state index contributed by atoms with van der Waals surface area (Å²) in [5.74, 6) is -0.826. The predicted molar refractivity (Wildman–Crippen MR) is 125 cm³/mol. The summed E-state index contributed by atoms with van der Waals surface area (Å²) in [6.45, 7) is 7.60. The highest BCUT2D eigenvalue weighted by Crippen LogP contribution is 2.37. The van der Waals surface area contributed by atoms with Gasteiger partial charge in [-0.05, 0) is 72.4 Å². The van der Waals surface area contributed by atoms with Crippen LogP contribution in [-0.4, -0.2) is 45.3 Å². The number of fused-ring (bicyclic) bond motifs is 1. The minimum atomic E-state index is -1.31. The fourth-order valence-electron chi connectivity index (χ4n) is 5.00. The maximum Gasteiger partial charge on any atom is 0.107 e. The zero-order valence-electron chi connectivity index (χ0n) is 19.3. The van der Waals surface area contributed by atoms with Gasteiger partial charge in [0.1, 0.15) is 6.10 Å². The molecule has 0 saturated heterocycles. The summed E-state index contributed by atoms with van der Waals surface area (Å²) >= 11 is 0. The number of rotatable bonds is 9. The number of hydrogen-bond acceptors (Lipinski definition) is 4. The molecule has 0 aromatic heterocycles. The van der Waals surface area contributed by atoms with Crippen LogP contribution in [0.3, 0.4) is 0 Å². The first-order valence-electron chi connectivity index (χ1n) is 11.6. The number of benzene rings is 2. The van der Waals surface area contributed by atoms with Gasteiger partial charge in [-0.15, -0.1) is 0 Å². The van der Waals surface area contributed by atoms with Crippen LogP contribution >= 0.6 is 0 Å². The third-order valence-electron chi connectivity index (χ3n) is 7.09. The molecule has 1 aliphatic rings. The number of aliphatic hydroxyl groups is 4. The Balaban J connectivity index is 1.98. The molecular weight excluding hydrogens is 388 g/mol. The van der Waals surface area contributed by atoms with Gasteiger partial charge in [0.2, 0.25) is 0 Å². The van der Waals surface area contributed by atoms with Gasteiger partial charge in [-0.2, -0.15) is 0 Å². The van der Waals surface area contributed by atoms with E-state index in [1.54, 1.807) is 6.92 Å². The fraction of sp³-hybridized carbons (Fsp3) is 0.556. The van der Waals surface area contributed by atoms with Crippen LogP contribution in [0.25, 0.3) is 0 Å². The lowest BCUT2D eigenvalue weighted by molar-refractivity contribution is -0.0911. The average Bonchev–Trinajstić information content (AvgIpc) is 3.27. The van der Waals surface area contributed by atoms with Crippen molar-refractivity contribution in [2.45, 2.75) is 84.0 Å². The summed E-state index contributed by atoms with van der Waals surface area (Å²) in [4.78, 5) is 0. The minimum absolute atomic E-state index is 0.237. The van der Waals surface area contributed by atoms with E-state index in [1.165, 1.54) is 33.4 Å². The van der Waals surface area contributed by atoms with Crippen LogP contribution in [-0.2, 0) is 25.7 Å². The van der Waals surface area contributed by atoms with E-state index in [4.69, 9.17) is 0 Å². The molecule has 5 atom stereocenters. The van der Waals surface area contributed by atoms with Crippen molar-refractivity contribution >= 4 is 0 Å². The Morgan fingerprint density at radius 1 is 0.903 bits per heavy atom. The van der Waals surface area contributed by atoms with E-state index in [0.717, 1.165) is 37.7 Å². The quantitative estimate of drug-likeness (QED) is 0.495. The fourth-order valence-corrected chi connectivity index (χ4v) is 5.00. The molecule has 0 radical (unpaired) electrons. The monoisotopic (exact) mass is 426 g/mol. The normalized spacial score (nSPS) is 18.3. The van der Waals surface area contributed by atoms with Crippen molar-refractivity contribution in [3.63, 3.8) is 0 Å². The van der Waals surface area contributed by atoms with Crippen molar-refractivity contribution in [2.75, 3.05) is 6.61 Å². The molecule has 0 spiro atoms. The largest absolute Gasteiger partial charge is 0.396 e. The van der Waals surface area contributed by atoms with E-state index in [1.807, 2.05) is 6.92 Å². The SMILES string of the molecule is CCc1c(C(C)C(O)C(O)C(O)C(C)CO)cc(Cc2ccc(C)cc2)c2c1CCC2.